The number of aromatic nitrogens is 1. The second-order valence-electron chi connectivity index (χ2n) is 7.22. The Balaban J connectivity index is 1.60. The molecule has 1 unspecified atom stereocenters. The minimum atomic E-state index is -0.691. The number of rotatable bonds is 4. The lowest BCUT2D eigenvalue weighted by atomic mass is 10.1. The van der Waals surface area contributed by atoms with Gasteiger partial charge in [0.1, 0.15) is 6.04 Å². The van der Waals surface area contributed by atoms with Crippen LogP contribution in [0, 0.1) is 5.92 Å². The number of amides is 3. The monoisotopic (exact) mass is 386 g/mol. The summed E-state index contributed by atoms with van der Waals surface area (Å²) in [4.78, 5) is 43.7. The molecule has 0 bridgehead atoms. The molecule has 1 fully saturated rings. The molecule has 28 heavy (non-hydrogen) atoms. The maximum absolute atomic E-state index is 12.9. The Morgan fingerprint density at radius 1 is 1.07 bits per heavy atom. The quantitative estimate of drug-likeness (QED) is 0.784. The number of benzene rings is 1. The zero-order chi connectivity index (χ0) is 20.3. The van der Waals surface area contributed by atoms with Crippen LogP contribution in [-0.2, 0) is 9.53 Å². The molecule has 2 heterocycles. The number of H-pyrrole nitrogens is 1. The summed E-state index contributed by atoms with van der Waals surface area (Å²) in [6, 6.07) is 6.67. The molecule has 8 nitrogen and oxygen atoms in total. The lowest BCUT2D eigenvalue weighted by Crippen LogP contribution is -2.56. The Hall–Kier alpha value is -3.03. The van der Waals surface area contributed by atoms with Gasteiger partial charge in [-0.15, -0.1) is 0 Å². The summed E-state index contributed by atoms with van der Waals surface area (Å²) in [5.74, 6) is -0.593. The van der Waals surface area contributed by atoms with Gasteiger partial charge in [-0.05, 0) is 12.0 Å². The SMILES string of the molecule is COC(=O)C(NC(=O)N1CCN(C(=O)c2c[nH]c3ccccc23)CC1)C(C)C. The van der Waals surface area contributed by atoms with E-state index in [1.165, 1.54) is 7.11 Å². The third kappa shape index (κ3) is 3.95. The van der Waals surface area contributed by atoms with Gasteiger partial charge >= 0.3 is 12.0 Å². The molecular formula is C20H26N4O4. The fourth-order valence-electron chi connectivity index (χ4n) is 3.38. The van der Waals surface area contributed by atoms with E-state index in [0.29, 0.717) is 31.7 Å². The lowest BCUT2D eigenvalue weighted by molar-refractivity contribution is -0.144. The fourth-order valence-corrected chi connectivity index (χ4v) is 3.38. The first kappa shape index (κ1) is 19.7. The topological polar surface area (TPSA) is 94.7 Å². The number of methoxy groups -OCH3 is 1. The number of esters is 1. The predicted molar refractivity (Wildman–Crippen MR) is 105 cm³/mol. The van der Waals surface area contributed by atoms with Gasteiger partial charge in [-0.3, -0.25) is 4.79 Å². The molecule has 0 radical (unpaired) electrons. The normalized spacial score (nSPS) is 15.6. The molecule has 1 aromatic heterocycles. The Morgan fingerprint density at radius 3 is 2.36 bits per heavy atom. The van der Waals surface area contributed by atoms with Gasteiger partial charge < -0.3 is 24.8 Å². The molecule has 150 valence electrons. The standard InChI is InChI=1S/C20H26N4O4/c1-13(2)17(19(26)28-3)22-20(27)24-10-8-23(9-11-24)18(25)15-12-21-16-7-5-4-6-14(15)16/h4-7,12-13,17,21H,8-11H2,1-3H3,(H,22,27). The molecule has 0 spiro atoms. The number of carbonyl (C=O) groups is 3. The number of nitrogens with one attached hydrogen (secondary N) is 2. The minimum Gasteiger partial charge on any atom is -0.467 e. The molecule has 3 amide bonds. The van der Waals surface area contributed by atoms with Crippen molar-refractivity contribution in [2.45, 2.75) is 19.9 Å². The maximum Gasteiger partial charge on any atom is 0.328 e. The number of aromatic amines is 1. The summed E-state index contributed by atoms with van der Waals surface area (Å²) < 4.78 is 4.76. The third-order valence-electron chi connectivity index (χ3n) is 5.07. The molecule has 1 aliphatic heterocycles. The summed E-state index contributed by atoms with van der Waals surface area (Å²) in [6.07, 6.45) is 1.73. The average molecular weight is 386 g/mol. The summed E-state index contributed by atoms with van der Waals surface area (Å²) >= 11 is 0. The number of carbonyl (C=O) groups excluding carboxylic acids is 3. The van der Waals surface area contributed by atoms with Crippen LogP contribution in [0.2, 0.25) is 0 Å². The van der Waals surface area contributed by atoms with Gasteiger partial charge in [0.05, 0.1) is 12.7 Å². The maximum atomic E-state index is 12.9. The third-order valence-corrected chi connectivity index (χ3v) is 5.07. The van der Waals surface area contributed by atoms with Crippen molar-refractivity contribution in [3.63, 3.8) is 0 Å². The Bertz CT molecular complexity index is 868. The van der Waals surface area contributed by atoms with Gasteiger partial charge in [0.25, 0.3) is 5.91 Å². The second-order valence-corrected chi connectivity index (χ2v) is 7.22. The molecule has 2 aromatic rings. The largest absolute Gasteiger partial charge is 0.467 e. The highest BCUT2D eigenvalue weighted by Gasteiger charge is 2.30. The Kier molecular flexibility index (Phi) is 5.87. The number of urea groups is 1. The van der Waals surface area contributed by atoms with Gasteiger partial charge in [0.15, 0.2) is 0 Å². The van der Waals surface area contributed by atoms with Crippen LogP contribution in [0.5, 0.6) is 0 Å². The molecule has 1 aliphatic rings. The Morgan fingerprint density at radius 2 is 1.71 bits per heavy atom. The fraction of sp³-hybridized carbons (Fsp3) is 0.450. The molecule has 1 atom stereocenters. The van der Waals surface area contributed by atoms with E-state index < -0.39 is 12.0 Å². The minimum absolute atomic E-state index is 0.0490. The van der Waals surface area contributed by atoms with Gasteiger partial charge in [-0.2, -0.15) is 0 Å². The first-order valence-electron chi connectivity index (χ1n) is 9.41. The molecule has 3 rings (SSSR count). The number of nitrogens with zero attached hydrogens (tertiary/aromatic N) is 2. The van der Waals surface area contributed by atoms with Crippen molar-refractivity contribution < 1.29 is 19.1 Å². The van der Waals surface area contributed by atoms with Crippen molar-refractivity contribution in [1.82, 2.24) is 20.1 Å². The highest BCUT2D eigenvalue weighted by molar-refractivity contribution is 6.06. The van der Waals surface area contributed by atoms with Crippen LogP contribution in [0.1, 0.15) is 24.2 Å². The van der Waals surface area contributed by atoms with Crippen molar-refractivity contribution in [3.8, 4) is 0 Å². The zero-order valence-corrected chi connectivity index (χ0v) is 16.4. The van der Waals surface area contributed by atoms with Crippen LogP contribution in [0.3, 0.4) is 0 Å². The molecule has 2 N–H and O–H groups in total. The van der Waals surface area contributed by atoms with Crippen molar-refractivity contribution in [2.75, 3.05) is 33.3 Å². The molecule has 1 saturated heterocycles. The van der Waals surface area contributed by atoms with E-state index in [1.807, 2.05) is 38.1 Å². The molecule has 1 aromatic carbocycles. The smallest absolute Gasteiger partial charge is 0.328 e. The lowest BCUT2D eigenvalue weighted by Gasteiger charge is -2.35. The molecule has 0 saturated carbocycles. The number of hydrogen-bond donors (Lipinski definition) is 2. The van der Waals surface area contributed by atoms with E-state index in [1.54, 1.807) is 16.0 Å². The summed E-state index contributed by atoms with van der Waals surface area (Å²) in [5, 5.41) is 3.63. The van der Waals surface area contributed by atoms with Crippen LogP contribution in [0.4, 0.5) is 4.79 Å². The van der Waals surface area contributed by atoms with Crippen LogP contribution >= 0.6 is 0 Å². The first-order valence-corrected chi connectivity index (χ1v) is 9.41. The zero-order valence-electron chi connectivity index (χ0n) is 16.4. The van der Waals surface area contributed by atoms with Crippen molar-refractivity contribution >= 4 is 28.8 Å². The first-order chi connectivity index (χ1) is 13.4. The highest BCUT2D eigenvalue weighted by atomic mass is 16.5. The summed E-state index contributed by atoms with van der Waals surface area (Å²) in [7, 11) is 1.30. The van der Waals surface area contributed by atoms with Gasteiger partial charge in [0.2, 0.25) is 0 Å². The Labute approximate surface area is 163 Å². The van der Waals surface area contributed by atoms with E-state index in [-0.39, 0.29) is 17.9 Å². The van der Waals surface area contributed by atoms with Gasteiger partial charge in [-0.25, -0.2) is 9.59 Å². The van der Waals surface area contributed by atoms with Gasteiger partial charge in [0, 0.05) is 43.3 Å². The van der Waals surface area contributed by atoms with Crippen LogP contribution in [0.15, 0.2) is 30.5 Å². The number of hydrogen-bond acceptors (Lipinski definition) is 4. The van der Waals surface area contributed by atoms with Crippen LogP contribution in [0.25, 0.3) is 10.9 Å². The van der Waals surface area contributed by atoms with Crippen LogP contribution < -0.4 is 5.32 Å². The van der Waals surface area contributed by atoms with E-state index in [0.717, 1.165) is 10.9 Å². The highest BCUT2D eigenvalue weighted by Crippen LogP contribution is 2.20. The second kappa shape index (κ2) is 8.33. The summed E-state index contributed by atoms with van der Waals surface area (Å²) in [5.41, 5.74) is 1.56. The molecule has 8 heteroatoms. The van der Waals surface area contributed by atoms with E-state index >= 15 is 0 Å². The van der Waals surface area contributed by atoms with Crippen molar-refractivity contribution in [2.24, 2.45) is 5.92 Å². The number of fused-ring (bicyclic) bond motifs is 1. The van der Waals surface area contributed by atoms with Gasteiger partial charge in [-0.1, -0.05) is 32.0 Å². The number of ether oxygens (including phenoxy) is 1. The van der Waals surface area contributed by atoms with Crippen molar-refractivity contribution in [1.29, 1.82) is 0 Å². The van der Waals surface area contributed by atoms with Crippen molar-refractivity contribution in [3.05, 3.63) is 36.0 Å². The van der Waals surface area contributed by atoms with E-state index in [9.17, 15) is 14.4 Å². The predicted octanol–water partition coefficient (Wildman–Crippen LogP) is 1.83. The average Bonchev–Trinajstić information content (AvgIpc) is 3.14. The van der Waals surface area contributed by atoms with E-state index in [2.05, 4.69) is 10.3 Å². The molecule has 0 aliphatic carbocycles. The summed E-state index contributed by atoms with van der Waals surface area (Å²) in [6.45, 7) is 5.39. The van der Waals surface area contributed by atoms with E-state index in [4.69, 9.17) is 4.74 Å². The number of para-hydroxylation sites is 1. The molecular weight excluding hydrogens is 360 g/mol. The van der Waals surface area contributed by atoms with Crippen LogP contribution in [-0.4, -0.2) is 72.0 Å². The number of piperazine rings is 1.